The van der Waals surface area contributed by atoms with Gasteiger partial charge in [0.1, 0.15) is 5.75 Å². The normalized spacial score (nSPS) is 11.0. The van der Waals surface area contributed by atoms with Crippen molar-refractivity contribution in [1.82, 2.24) is 4.98 Å². The van der Waals surface area contributed by atoms with Gasteiger partial charge < -0.3 is 4.74 Å². The summed E-state index contributed by atoms with van der Waals surface area (Å²) in [6.07, 6.45) is 1.66. The molecule has 3 rings (SSSR count). The Morgan fingerprint density at radius 3 is 2.83 bits per heavy atom. The lowest BCUT2D eigenvalue weighted by atomic mass is 10.2. The number of hydrogen-bond donors (Lipinski definition) is 1. The Bertz CT molecular complexity index is 880. The fourth-order valence-electron chi connectivity index (χ4n) is 1.99. The average Bonchev–Trinajstić information content (AvgIpc) is 3.07. The van der Waals surface area contributed by atoms with Crippen molar-refractivity contribution in [3.63, 3.8) is 0 Å². The summed E-state index contributed by atoms with van der Waals surface area (Å²) in [5, 5.41) is 7.85. The van der Waals surface area contributed by atoms with Crippen LogP contribution in [0.5, 0.6) is 5.75 Å². The minimum absolute atomic E-state index is 0.496. The summed E-state index contributed by atoms with van der Waals surface area (Å²) in [5.74, 6) is 0.799. The first-order chi connectivity index (χ1) is 11.7. The summed E-state index contributed by atoms with van der Waals surface area (Å²) in [6.45, 7) is 0. The molecule has 0 aliphatic carbocycles. The van der Waals surface area contributed by atoms with Crippen LogP contribution in [0.1, 0.15) is 5.56 Å². The number of hydrogen-bond acceptors (Lipinski definition) is 5. The number of rotatable bonds is 5. The first-order valence-corrected chi connectivity index (χ1v) is 8.63. The molecule has 0 saturated carbocycles. The highest BCUT2D eigenvalue weighted by Gasteiger charge is 2.05. The Morgan fingerprint density at radius 2 is 2.04 bits per heavy atom. The minimum Gasteiger partial charge on any atom is -0.497 e. The molecule has 0 fully saturated rings. The van der Waals surface area contributed by atoms with Gasteiger partial charge in [-0.25, -0.2) is 4.98 Å². The SMILES string of the molecule is COc1cccc(-c2csc(N/N=C\c3ccc(Cl)c(Cl)c3)n2)c1. The Labute approximate surface area is 153 Å². The van der Waals surface area contributed by atoms with Crippen molar-refractivity contribution in [2.75, 3.05) is 12.5 Å². The number of hydrazone groups is 1. The monoisotopic (exact) mass is 377 g/mol. The third-order valence-electron chi connectivity index (χ3n) is 3.19. The largest absolute Gasteiger partial charge is 0.497 e. The van der Waals surface area contributed by atoms with Gasteiger partial charge in [-0.1, -0.05) is 41.4 Å². The van der Waals surface area contributed by atoms with Crippen LogP contribution < -0.4 is 10.2 Å². The van der Waals surface area contributed by atoms with Crippen LogP contribution in [0.4, 0.5) is 5.13 Å². The van der Waals surface area contributed by atoms with Gasteiger partial charge in [0.25, 0.3) is 0 Å². The minimum atomic E-state index is 0.496. The van der Waals surface area contributed by atoms with Crippen molar-refractivity contribution in [3.8, 4) is 17.0 Å². The van der Waals surface area contributed by atoms with Gasteiger partial charge in [-0.3, -0.25) is 5.43 Å². The Kier molecular flexibility index (Phi) is 5.35. The van der Waals surface area contributed by atoms with E-state index in [-0.39, 0.29) is 0 Å². The highest BCUT2D eigenvalue weighted by atomic mass is 35.5. The Morgan fingerprint density at radius 1 is 1.17 bits per heavy atom. The van der Waals surface area contributed by atoms with Crippen LogP contribution in [0.25, 0.3) is 11.3 Å². The Balaban J connectivity index is 1.69. The molecule has 0 aliphatic heterocycles. The molecule has 4 nitrogen and oxygen atoms in total. The van der Waals surface area contributed by atoms with Crippen molar-refractivity contribution in [2.45, 2.75) is 0 Å². The van der Waals surface area contributed by atoms with Crippen molar-refractivity contribution in [2.24, 2.45) is 5.10 Å². The summed E-state index contributed by atoms with van der Waals surface area (Å²) < 4.78 is 5.23. The zero-order valence-corrected chi connectivity index (χ0v) is 15.0. The van der Waals surface area contributed by atoms with Crippen LogP contribution in [-0.2, 0) is 0 Å². The van der Waals surface area contributed by atoms with E-state index >= 15 is 0 Å². The molecule has 1 N–H and O–H groups in total. The standard InChI is InChI=1S/C17H13Cl2N3OS/c1-23-13-4-2-3-12(8-13)16-10-24-17(21-16)22-20-9-11-5-6-14(18)15(19)7-11/h2-10H,1H3,(H,21,22)/b20-9-. The maximum atomic E-state index is 5.97. The zero-order valence-electron chi connectivity index (χ0n) is 12.7. The predicted molar refractivity (Wildman–Crippen MR) is 102 cm³/mol. The highest BCUT2D eigenvalue weighted by molar-refractivity contribution is 7.14. The number of nitrogens with zero attached hydrogens (tertiary/aromatic N) is 2. The summed E-state index contributed by atoms with van der Waals surface area (Å²) in [7, 11) is 1.64. The van der Waals surface area contributed by atoms with Gasteiger partial charge in [0.15, 0.2) is 0 Å². The molecule has 0 saturated heterocycles. The fourth-order valence-corrected chi connectivity index (χ4v) is 2.97. The second-order valence-electron chi connectivity index (χ2n) is 4.81. The van der Waals surface area contributed by atoms with E-state index in [2.05, 4.69) is 15.5 Å². The molecular formula is C17H13Cl2N3OS. The molecule has 1 aromatic heterocycles. The van der Waals surface area contributed by atoms with Crippen molar-refractivity contribution < 1.29 is 4.74 Å². The van der Waals surface area contributed by atoms with Crippen LogP contribution in [0, 0.1) is 0 Å². The third kappa shape index (κ3) is 4.06. The molecule has 7 heteroatoms. The van der Waals surface area contributed by atoms with Crippen LogP contribution in [0.2, 0.25) is 10.0 Å². The quantitative estimate of drug-likeness (QED) is 0.466. The van der Waals surface area contributed by atoms with Gasteiger partial charge in [-0.05, 0) is 29.8 Å². The molecular weight excluding hydrogens is 365 g/mol. The maximum absolute atomic E-state index is 5.97. The fraction of sp³-hybridized carbons (Fsp3) is 0.0588. The van der Waals surface area contributed by atoms with Crippen molar-refractivity contribution in [3.05, 3.63) is 63.5 Å². The van der Waals surface area contributed by atoms with Crippen molar-refractivity contribution in [1.29, 1.82) is 0 Å². The maximum Gasteiger partial charge on any atom is 0.203 e. The first kappa shape index (κ1) is 16.8. The Hall–Kier alpha value is -2.08. The van der Waals surface area contributed by atoms with Gasteiger partial charge in [-0.15, -0.1) is 11.3 Å². The molecule has 0 atom stereocenters. The molecule has 1 heterocycles. The van der Waals surface area contributed by atoms with Crippen LogP contribution in [-0.4, -0.2) is 18.3 Å². The van der Waals surface area contributed by atoms with E-state index in [1.807, 2.05) is 35.7 Å². The number of thiazole rings is 1. The van der Waals surface area contributed by atoms with E-state index in [4.69, 9.17) is 27.9 Å². The lowest BCUT2D eigenvalue weighted by Gasteiger charge is -2.01. The lowest BCUT2D eigenvalue weighted by Crippen LogP contribution is -1.90. The molecule has 24 heavy (non-hydrogen) atoms. The van der Waals surface area contributed by atoms with E-state index in [1.165, 1.54) is 11.3 Å². The van der Waals surface area contributed by atoms with Crippen LogP contribution in [0.15, 0.2) is 52.9 Å². The van der Waals surface area contributed by atoms with Gasteiger partial charge >= 0.3 is 0 Å². The summed E-state index contributed by atoms with van der Waals surface area (Å²) in [4.78, 5) is 4.51. The van der Waals surface area contributed by atoms with Gasteiger partial charge in [-0.2, -0.15) is 5.10 Å². The third-order valence-corrected chi connectivity index (χ3v) is 4.67. The molecule has 0 bridgehead atoms. The molecule has 2 aromatic carbocycles. The molecule has 0 spiro atoms. The summed E-state index contributed by atoms with van der Waals surface area (Å²) in [6, 6.07) is 13.1. The van der Waals surface area contributed by atoms with E-state index in [9.17, 15) is 0 Å². The van der Waals surface area contributed by atoms with Gasteiger partial charge in [0, 0.05) is 10.9 Å². The molecule has 0 amide bonds. The first-order valence-electron chi connectivity index (χ1n) is 7.00. The van der Waals surface area contributed by atoms with Gasteiger partial charge in [0.05, 0.1) is 29.1 Å². The zero-order chi connectivity index (χ0) is 16.9. The number of aromatic nitrogens is 1. The molecule has 0 unspecified atom stereocenters. The second-order valence-corrected chi connectivity index (χ2v) is 6.49. The summed E-state index contributed by atoms with van der Waals surface area (Å²) in [5.41, 5.74) is 5.62. The van der Waals surface area contributed by atoms with Crippen LogP contribution in [0.3, 0.4) is 0 Å². The average molecular weight is 378 g/mol. The van der Waals surface area contributed by atoms with E-state index in [1.54, 1.807) is 25.5 Å². The molecule has 3 aromatic rings. The smallest absolute Gasteiger partial charge is 0.203 e. The second kappa shape index (κ2) is 7.66. The van der Waals surface area contributed by atoms with Gasteiger partial charge in [0.2, 0.25) is 5.13 Å². The molecule has 0 aliphatic rings. The van der Waals surface area contributed by atoms with E-state index < -0.39 is 0 Å². The predicted octanol–water partition coefficient (Wildman–Crippen LogP) is 5.57. The number of benzene rings is 2. The topological polar surface area (TPSA) is 46.5 Å². The lowest BCUT2D eigenvalue weighted by molar-refractivity contribution is 0.415. The van der Waals surface area contributed by atoms with E-state index in [0.717, 1.165) is 22.6 Å². The number of anilines is 1. The highest BCUT2D eigenvalue weighted by Crippen LogP contribution is 2.27. The number of methoxy groups -OCH3 is 1. The van der Waals surface area contributed by atoms with Crippen LogP contribution >= 0.6 is 34.5 Å². The molecule has 0 radical (unpaired) electrons. The number of halogens is 2. The van der Waals surface area contributed by atoms with E-state index in [0.29, 0.717) is 15.2 Å². The number of nitrogens with one attached hydrogen (secondary N) is 1. The van der Waals surface area contributed by atoms with Crippen molar-refractivity contribution >= 4 is 45.9 Å². The summed E-state index contributed by atoms with van der Waals surface area (Å²) >= 11 is 13.3. The number of ether oxygens (including phenoxy) is 1. The molecule has 122 valence electrons.